The summed E-state index contributed by atoms with van der Waals surface area (Å²) in [6.07, 6.45) is 7.61. The van der Waals surface area contributed by atoms with Crippen molar-refractivity contribution < 1.29 is 9.18 Å². The van der Waals surface area contributed by atoms with Gasteiger partial charge in [-0.3, -0.25) is 14.2 Å². The molecule has 3 aliphatic heterocycles. The van der Waals surface area contributed by atoms with E-state index in [1.165, 1.54) is 6.07 Å². The number of rotatable bonds is 4. The number of carbonyl (C=O) groups excluding carboxylic acids is 1. The molecule has 0 radical (unpaired) electrons. The molecule has 0 unspecified atom stereocenters. The maximum atomic E-state index is 13.8. The second-order valence-corrected chi connectivity index (χ2v) is 9.37. The van der Waals surface area contributed by atoms with Gasteiger partial charge in [-0.15, -0.1) is 0 Å². The monoisotopic (exact) mass is 455 g/mol. The number of imidazole rings is 1. The molecule has 1 aromatic carbocycles. The SMILES string of the molecule is Cc1cc(-c2ncccc2-c2ccc3ncc(C(=O)N[C@@H]4CN5CCC4CC5)n3c2)ccc1F. The molecule has 0 saturated carbocycles. The van der Waals surface area contributed by atoms with E-state index in [0.717, 1.165) is 54.9 Å². The van der Waals surface area contributed by atoms with E-state index in [1.807, 2.05) is 40.9 Å². The van der Waals surface area contributed by atoms with Crippen molar-refractivity contribution in [2.24, 2.45) is 5.92 Å². The largest absolute Gasteiger partial charge is 0.346 e. The minimum atomic E-state index is -0.236. The molecule has 3 saturated heterocycles. The van der Waals surface area contributed by atoms with Crippen LogP contribution in [0.5, 0.6) is 0 Å². The number of hydrogen-bond acceptors (Lipinski definition) is 4. The molecule has 7 heteroatoms. The minimum absolute atomic E-state index is 0.0935. The lowest BCUT2D eigenvalue weighted by molar-refractivity contribution is 0.0617. The van der Waals surface area contributed by atoms with E-state index in [2.05, 4.69) is 20.2 Å². The molecule has 3 aliphatic rings. The van der Waals surface area contributed by atoms with Crippen molar-refractivity contribution in [2.45, 2.75) is 25.8 Å². The summed E-state index contributed by atoms with van der Waals surface area (Å²) < 4.78 is 15.7. The molecule has 172 valence electrons. The van der Waals surface area contributed by atoms with E-state index in [9.17, 15) is 9.18 Å². The average molecular weight is 456 g/mol. The Labute approximate surface area is 197 Å². The number of aryl methyl sites for hydroxylation is 1. The molecule has 4 aromatic rings. The first kappa shape index (κ1) is 21.0. The smallest absolute Gasteiger partial charge is 0.270 e. The zero-order valence-corrected chi connectivity index (χ0v) is 19.0. The predicted octanol–water partition coefficient (Wildman–Crippen LogP) is 4.33. The summed E-state index contributed by atoms with van der Waals surface area (Å²) in [5.41, 5.74) is 5.25. The van der Waals surface area contributed by atoms with E-state index in [-0.39, 0.29) is 17.8 Å². The molecule has 1 amide bonds. The second-order valence-electron chi connectivity index (χ2n) is 9.37. The molecule has 3 aromatic heterocycles. The zero-order chi connectivity index (χ0) is 23.2. The normalized spacial score (nSPS) is 21.6. The van der Waals surface area contributed by atoms with Crippen LogP contribution in [0.15, 0.2) is 61.1 Å². The van der Waals surface area contributed by atoms with Crippen LogP contribution in [0.1, 0.15) is 28.9 Å². The van der Waals surface area contributed by atoms with Crippen LogP contribution in [0, 0.1) is 18.7 Å². The van der Waals surface area contributed by atoms with E-state index < -0.39 is 0 Å². The number of aromatic nitrogens is 3. The fourth-order valence-electron chi connectivity index (χ4n) is 5.34. The third-order valence-electron chi connectivity index (χ3n) is 7.26. The van der Waals surface area contributed by atoms with Crippen LogP contribution in [0.25, 0.3) is 28.0 Å². The standard InChI is InChI=1S/C27H26FN5O/c1-17-13-19(4-6-22(17)28)26-21(3-2-10-29-26)20-5-7-25-30-14-24(33(25)15-20)27(34)31-23-16-32-11-8-18(23)9-12-32/h2-7,10,13-15,18,23H,8-9,11-12,16H2,1H3,(H,31,34)/t23-/m1/s1. The van der Waals surface area contributed by atoms with Crippen LogP contribution in [0.4, 0.5) is 4.39 Å². The van der Waals surface area contributed by atoms with Gasteiger partial charge >= 0.3 is 0 Å². The average Bonchev–Trinajstić information content (AvgIpc) is 3.30. The number of halogens is 1. The number of nitrogens with zero attached hydrogens (tertiary/aromatic N) is 4. The fraction of sp³-hybridized carbons (Fsp3) is 0.296. The number of piperidine rings is 3. The van der Waals surface area contributed by atoms with Crippen molar-refractivity contribution in [3.63, 3.8) is 0 Å². The third kappa shape index (κ3) is 3.66. The number of pyridine rings is 2. The molecule has 0 spiro atoms. The molecule has 34 heavy (non-hydrogen) atoms. The Morgan fingerprint density at radius 1 is 1.09 bits per heavy atom. The van der Waals surface area contributed by atoms with Gasteiger partial charge in [-0.05, 0) is 80.7 Å². The van der Waals surface area contributed by atoms with Gasteiger partial charge in [-0.25, -0.2) is 9.37 Å². The summed E-state index contributed by atoms with van der Waals surface area (Å²) in [5.74, 6) is 0.226. The summed E-state index contributed by atoms with van der Waals surface area (Å²) in [4.78, 5) is 24.7. The first-order valence-electron chi connectivity index (χ1n) is 11.8. The van der Waals surface area contributed by atoms with Crippen LogP contribution in [-0.4, -0.2) is 50.9 Å². The first-order chi connectivity index (χ1) is 16.6. The first-order valence-corrected chi connectivity index (χ1v) is 11.8. The Bertz CT molecular complexity index is 1390. The second kappa shape index (κ2) is 8.33. The number of carbonyl (C=O) groups is 1. The molecule has 1 atom stereocenters. The van der Waals surface area contributed by atoms with Gasteiger partial charge in [-0.1, -0.05) is 6.07 Å². The highest BCUT2D eigenvalue weighted by Crippen LogP contribution is 2.32. The number of hydrogen-bond donors (Lipinski definition) is 1. The Balaban J connectivity index is 1.35. The molecule has 0 aliphatic carbocycles. The zero-order valence-electron chi connectivity index (χ0n) is 19.0. The van der Waals surface area contributed by atoms with Crippen LogP contribution in [0.3, 0.4) is 0 Å². The molecule has 6 heterocycles. The topological polar surface area (TPSA) is 62.5 Å². The van der Waals surface area contributed by atoms with Gasteiger partial charge in [0.15, 0.2) is 0 Å². The molecular formula is C27H26FN5O. The summed E-state index contributed by atoms with van der Waals surface area (Å²) in [5, 5.41) is 3.26. The summed E-state index contributed by atoms with van der Waals surface area (Å²) in [6.45, 7) is 4.95. The Kier molecular flexibility index (Phi) is 5.14. The van der Waals surface area contributed by atoms with Crippen molar-refractivity contribution in [3.8, 4) is 22.4 Å². The van der Waals surface area contributed by atoms with Crippen LogP contribution < -0.4 is 5.32 Å². The van der Waals surface area contributed by atoms with Crippen molar-refractivity contribution in [2.75, 3.05) is 19.6 Å². The van der Waals surface area contributed by atoms with Gasteiger partial charge in [0.05, 0.1) is 11.9 Å². The van der Waals surface area contributed by atoms with Crippen LogP contribution >= 0.6 is 0 Å². The highest BCUT2D eigenvalue weighted by molar-refractivity contribution is 5.94. The van der Waals surface area contributed by atoms with Gasteiger partial charge in [0, 0.05) is 41.7 Å². The predicted molar refractivity (Wildman–Crippen MR) is 129 cm³/mol. The number of nitrogens with one attached hydrogen (secondary N) is 1. The van der Waals surface area contributed by atoms with Crippen molar-refractivity contribution in [3.05, 3.63) is 78.1 Å². The maximum Gasteiger partial charge on any atom is 0.270 e. The van der Waals surface area contributed by atoms with Gasteiger partial charge < -0.3 is 10.2 Å². The molecule has 6 nitrogen and oxygen atoms in total. The molecular weight excluding hydrogens is 429 g/mol. The van der Waals surface area contributed by atoms with E-state index in [1.54, 1.807) is 25.4 Å². The Hall–Kier alpha value is -3.58. The summed E-state index contributed by atoms with van der Waals surface area (Å²) >= 11 is 0. The van der Waals surface area contributed by atoms with E-state index in [4.69, 9.17) is 0 Å². The lowest BCUT2D eigenvalue weighted by Gasteiger charge is -2.44. The molecule has 1 N–H and O–H groups in total. The van der Waals surface area contributed by atoms with Crippen LogP contribution in [0.2, 0.25) is 0 Å². The number of fused-ring (bicyclic) bond motifs is 4. The third-order valence-corrected chi connectivity index (χ3v) is 7.26. The molecule has 2 bridgehead atoms. The summed E-state index contributed by atoms with van der Waals surface area (Å²) in [6, 6.07) is 13.0. The Morgan fingerprint density at radius 3 is 2.68 bits per heavy atom. The van der Waals surface area contributed by atoms with Crippen molar-refractivity contribution in [1.29, 1.82) is 0 Å². The minimum Gasteiger partial charge on any atom is -0.346 e. The lowest BCUT2D eigenvalue weighted by atomic mass is 9.84. The highest BCUT2D eigenvalue weighted by Gasteiger charge is 2.35. The van der Waals surface area contributed by atoms with Gasteiger partial charge in [0.2, 0.25) is 0 Å². The van der Waals surface area contributed by atoms with Gasteiger partial charge in [0.1, 0.15) is 17.2 Å². The van der Waals surface area contributed by atoms with E-state index >= 15 is 0 Å². The molecule has 3 fully saturated rings. The molecule has 7 rings (SSSR count). The highest BCUT2D eigenvalue weighted by atomic mass is 19.1. The fourth-order valence-corrected chi connectivity index (χ4v) is 5.34. The van der Waals surface area contributed by atoms with E-state index in [0.29, 0.717) is 22.8 Å². The maximum absolute atomic E-state index is 13.8. The van der Waals surface area contributed by atoms with Gasteiger partial charge in [0.25, 0.3) is 5.91 Å². The number of amides is 1. The van der Waals surface area contributed by atoms with Gasteiger partial charge in [-0.2, -0.15) is 0 Å². The van der Waals surface area contributed by atoms with Crippen LogP contribution in [-0.2, 0) is 0 Å². The Morgan fingerprint density at radius 2 is 1.91 bits per heavy atom. The number of benzene rings is 1. The lowest BCUT2D eigenvalue weighted by Crippen LogP contribution is -2.57. The van der Waals surface area contributed by atoms with Crippen molar-refractivity contribution in [1.82, 2.24) is 24.6 Å². The van der Waals surface area contributed by atoms with Crippen molar-refractivity contribution >= 4 is 11.6 Å². The summed E-state index contributed by atoms with van der Waals surface area (Å²) in [7, 11) is 0. The quantitative estimate of drug-likeness (QED) is 0.498.